The molecule has 0 saturated heterocycles. The Bertz CT molecular complexity index is 1080. The van der Waals surface area contributed by atoms with E-state index in [1.54, 1.807) is 5.32 Å². The molecule has 4 nitrogen and oxygen atoms in total. The molecule has 0 heterocycles. The zero-order valence-electron chi connectivity index (χ0n) is 15.9. The molecule has 0 fully saturated rings. The Morgan fingerprint density at radius 1 is 0.970 bits per heavy atom. The van der Waals surface area contributed by atoms with E-state index in [1.165, 1.54) is 19.1 Å². The Morgan fingerprint density at radius 2 is 1.58 bits per heavy atom. The van der Waals surface area contributed by atoms with Crippen molar-refractivity contribution in [2.75, 3.05) is 5.32 Å². The van der Waals surface area contributed by atoms with Gasteiger partial charge in [-0.25, -0.2) is 9.18 Å². The first-order valence-electron chi connectivity index (χ1n) is 8.36. The van der Waals surface area contributed by atoms with Crippen molar-refractivity contribution in [3.05, 3.63) is 57.3 Å². The molecule has 2 aromatic carbocycles. The first-order chi connectivity index (χ1) is 15.0. The molecule has 0 atom stereocenters. The monoisotopic (exact) mass is 540 g/mol. The summed E-state index contributed by atoms with van der Waals surface area (Å²) in [6.07, 6.45) is -6.52. The molecule has 3 amide bonds. The summed E-state index contributed by atoms with van der Waals surface area (Å²) < 4.78 is 104. The minimum Gasteiger partial charge on any atom is -0.307 e. The molecule has 15 heteroatoms. The Balaban J connectivity index is 2.20. The van der Waals surface area contributed by atoms with Crippen LogP contribution in [-0.4, -0.2) is 29.3 Å². The van der Waals surface area contributed by atoms with Crippen molar-refractivity contribution in [3.8, 4) is 0 Å². The third kappa shape index (κ3) is 5.82. The molecular formula is C18H10Cl2F8N2O2S. The Hall–Kier alpha value is -2.25. The van der Waals surface area contributed by atoms with E-state index >= 15 is 0 Å². The molecule has 0 radical (unpaired) electrons. The predicted molar refractivity (Wildman–Crippen MR) is 106 cm³/mol. The van der Waals surface area contributed by atoms with Gasteiger partial charge in [0.25, 0.3) is 5.91 Å². The predicted octanol–water partition coefficient (Wildman–Crippen LogP) is 7.29. The number of hydrogen-bond donors (Lipinski definition) is 2. The summed E-state index contributed by atoms with van der Waals surface area (Å²) in [6, 6.07) is 3.62. The van der Waals surface area contributed by atoms with Crippen LogP contribution in [0, 0.1) is 12.7 Å². The maximum absolute atomic E-state index is 13.8. The molecule has 180 valence electrons. The summed E-state index contributed by atoms with van der Waals surface area (Å²) in [5.41, 5.74) is -0.927. The second-order valence-corrected chi connectivity index (χ2v) is 8.26. The van der Waals surface area contributed by atoms with Crippen molar-refractivity contribution < 1.29 is 44.7 Å². The zero-order valence-corrected chi connectivity index (χ0v) is 18.2. The van der Waals surface area contributed by atoms with Crippen LogP contribution in [0.4, 0.5) is 45.6 Å². The topological polar surface area (TPSA) is 58.2 Å². The maximum Gasteiger partial charge on any atom is 0.460 e. The molecule has 2 aromatic rings. The van der Waals surface area contributed by atoms with Crippen LogP contribution in [0.3, 0.4) is 0 Å². The van der Waals surface area contributed by atoms with Crippen molar-refractivity contribution in [2.24, 2.45) is 0 Å². The summed E-state index contributed by atoms with van der Waals surface area (Å²) in [7, 11) is 0. The number of carbonyl (C=O) groups excluding carboxylic acids is 2. The molecular weight excluding hydrogens is 531 g/mol. The zero-order chi connectivity index (χ0) is 25.4. The number of imide groups is 1. The van der Waals surface area contributed by atoms with Gasteiger partial charge in [0.2, 0.25) is 0 Å². The first kappa shape index (κ1) is 27.0. The minimum atomic E-state index is -6.52. The smallest absolute Gasteiger partial charge is 0.307 e. The van der Waals surface area contributed by atoms with Crippen LogP contribution in [0.1, 0.15) is 15.9 Å². The third-order valence-electron chi connectivity index (χ3n) is 3.90. The molecule has 0 spiro atoms. The number of aryl methyl sites for hydroxylation is 1. The Labute approximate surface area is 194 Å². The van der Waals surface area contributed by atoms with E-state index in [9.17, 15) is 44.7 Å². The standard InChI is InChI=1S/C18H10Cl2F8N2O2S/c1-7-5-12(33-18(27,28)16(22,23)17(24,25)26)9(20)6-11(7)29-15(32)30-14(31)13-8(19)3-2-4-10(13)21/h2-6H,1H3,(H2,29,30,31,32). The van der Waals surface area contributed by atoms with Crippen molar-refractivity contribution in [2.45, 2.75) is 29.2 Å². The van der Waals surface area contributed by atoms with Gasteiger partial charge in [-0.15, -0.1) is 0 Å². The number of urea groups is 1. The molecule has 0 aromatic heterocycles. The van der Waals surface area contributed by atoms with Crippen molar-refractivity contribution in [1.29, 1.82) is 0 Å². The molecule has 2 N–H and O–H groups in total. The number of rotatable bonds is 5. The lowest BCUT2D eigenvalue weighted by molar-refractivity contribution is -0.330. The molecule has 0 saturated carbocycles. The van der Waals surface area contributed by atoms with Gasteiger partial charge in [-0.3, -0.25) is 10.1 Å². The van der Waals surface area contributed by atoms with Crippen molar-refractivity contribution >= 4 is 52.6 Å². The van der Waals surface area contributed by atoms with Gasteiger partial charge < -0.3 is 5.32 Å². The highest BCUT2D eigenvalue weighted by molar-refractivity contribution is 8.00. The van der Waals surface area contributed by atoms with E-state index in [4.69, 9.17) is 23.2 Å². The number of amides is 3. The number of anilines is 1. The molecule has 0 aliphatic heterocycles. The molecule has 33 heavy (non-hydrogen) atoms. The number of hydrogen-bond acceptors (Lipinski definition) is 3. The van der Waals surface area contributed by atoms with E-state index in [2.05, 4.69) is 5.32 Å². The summed E-state index contributed by atoms with van der Waals surface area (Å²) in [6.45, 7) is 1.19. The van der Waals surface area contributed by atoms with Crippen LogP contribution in [0.2, 0.25) is 10.0 Å². The highest BCUT2D eigenvalue weighted by atomic mass is 35.5. The molecule has 0 bridgehead atoms. The van der Waals surface area contributed by atoms with E-state index in [0.717, 1.165) is 18.2 Å². The number of nitrogens with one attached hydrogen (secondary N) is 2. The summed E-state index contributed by atoms with van der Waals surface area (Å²) in [4.78, 5) is 23.3. The van der Waals surface area contributed by atoms with E-state index in [0.29, 0.717) is 0 Å². The second-order valence-electron chi connectivity index (χ2n) is 6.29. The SMILES string of the molecule is Cc1cc(SC(F)(F)C(F)(F)C(F)(F)F)c(Cl)cc1NC(=O)NC(=O)c1c(F)cccc1Cl. The van der Waals surface area contributed by atoms with Crippen LogP contribution >= 0.6 is 35.0 Å². The first-order valence-corrected chi connectivity index (χ1v) is 9.93. The number of halogens is 10. The lowest BCUT2D eigenvalue weighted by Crippen LogP contribution is -2.49. The minimum absolute atomic E-state index is 0.0838. The third-order valence-corrected chi connectivity index (χ3v) is 5.71. The fraction of sp³-hybridized carbons (Fsp3) is 0.222. The number of carbonyl (C=O) groups is 2. The van der Waals surface area contributed by atoms with Crippen LogP contribution in [0.25, 0.3) is 0 Å². The Morgan fingerprint density at radius 3 is 2.12 bits per heavy atom. The van der Waals surface area contributed by atoms with Gasteiger partial charge >= 0.3 is 23.4 Å². The quantitative estimate of drug-likeness (QED) is 0.309. The highest BCUT2D eigenvalue weighted by Crippen LogP contribution is 2.55. The van der Waals surface area contributed by atoms with Gasteiger partial charge in [-0.2, -0.15) is 30.7 Å². The summed E-state index contributed by atoms with van der Waals surface area (Å²) in [5, 5.41) is -2.74. The maximum atomic E-state index is 13.8. The molecule has 0 unspecified atom stereocenters. The largest absolute Gasteiger partial charge is 0.460 e. The molecule has 0 aliphatic carbocycles. The van der Waals surface area contributed by atoms with Gasteiger partial charge in [0.15, 0.2) is 0 Å². The lowest BCUT2D eigenvalue weighted by Gasteiger charge is -2.27. The number of thioether (sulfide) groups is 1. The average molecular weight is 541 g/mol. The van der Waals surface area contributed by atoms with Crippen LogP contribution in [0.5, 0.6) is 0 Å². The van der Waals surface area contributed by atoms with E-state index in [-0.39, 0.29) is 16.3 Å². The fourth-order valence-corrected chi connectivity index (χ4v) is 3.71. The van der Waals surface area contributed by atoms with Gasteiger partial charge in [0, 0.05) is 10.6 Å². The van der Waals surface area contributed by atoms with Gasteiger partial charge in [-0.05, 0) is 48.5 Å². The van der Waals surface area contributed by atoms with Crippen LogP contribution < -0.4 is 10.6 Å². The van der Waals surface area contributed by atoms with Gasteiger partial charge in [0.1, 0.15) is 5.82 Å². The number of alkyl halides is 7. The van der Waals surface area contributed by atoms with Gasteiger partial charge in [-0.1, -0.05) is 29.3 Å². The highest BCUT2D eigenvalue weighted by Gasteiger charge is 2.73. The van der Waals surface area contributed by atoms with Crippen molar-refractivity contribution in [3.63, 3.8) is 0 Å². The van der Waals surface area contributed by atoms with Gasteiger partial charge in [0.05, 0.1) is 15.6 Å². The van der Waals surface area contributed by atoms with E-state index in [1.807, 2.05) is 0 Å². The van der Waals surface area contributed by atoms with Crippen LogP contribution in [0.15, 0.2) is 35.2 Å². The summed E-state index contributed by atoms with van der Waals surface area (Å²) >= 11 is 10.3. The molecule has 0 aliphatic rings. The van der Waals surface area contributed by atoms with Crippen LogP contribution in [-0.2, 0) is 0 Å². The average Bonchev–Trinajstić information content (AvgIpc) is 2.64. The fourth-order valence-electron chi connectivity index (χ4n) is 2.27. The Kier molecular flexibility index (Phi) is 7.81. The van der Waals surface area contributed by atoms with E-state index < -0.39 is 62.4 Å². The van der Waals surface area contributed by atoms with Crippen molar-refractivity contribution in [1.82, 2.24) is 5.32 Å². The summed E-state index contributed by atoms with van der Waals surface area (Å²) in [5.74, 6) is -8.60. The number of benzene rings is 2. The normalized spacial score (nSPS) is 12.5. The molecule has 2 rings (SSSR count). The second kappa shape index (κ2) is 9.55. The lowest BCUT2D eigenvalue weighted by atomic mass is 10.2.